The first-order valence-electron chi connectivity index (χ1n) is 6.48. The number of carboxylic acid groups (broad SMARTS) is 1. The summed E-state index contributed by atoms with van der Waals surface area (Å²) in [6.07, 6.45) is 1.09. The summed E-state index contributed by atoms with van der Waals surface area (Å²) in [5, 5.41) is 25.2. The van der Waals surface area contributed by atoms with E-state index in [0.717, 1.165) is 12.5 Å². The Kier molecular flexibility index (Phi) is 6.12. The van der Waals surface area contributed by atoms with Crippen LogP contribution in [0, 0.1) is 10.1 Å². The predicted octanol–water partition coefficient (Wildman–Crippen LogP) is 1.62. The van der Waals surface area contributed by atoms with E-state index >= 15 is 0 Å². The van der Waals surface area contributed by atoms with Gasteiger partial charge in [-0.15, -0.1) is 0 Å². The molecule has 1 amide bonds. The van der Waals surface area contributed by atoms with Crippen LogP contribution in [0.25, 0.3) is 0 Å². The van der Waals surface area contributed by atoms with Crippen molar-refractivity contribution < 1.29 is 19.6 Å². The molecule has 0 saturated carbocycles. The third-order valence-electron chi connectivity index (χ3n) is 2.68. The molecule has 1 aromatic carbocycles. The number of hydrogen-bond acceptors (Lipinski definition) is 5. The molecule has 114 valence electrons. The number of nitrogens with one attached hydrogen (secondary N) is 2. The molecule has 0 bridgehead atoms. The minimum absolute atomic E-state index is 0.107. The molecule has 1 aromatic rings. The van der Waals surface area contributed by atoms with Crippen molar-refractivity contribution in [2.24, 2.45) is 0 Å². The van der Waals surface area contributed by atoms with E-state index in [2.05, 4.69) is 10.6 Å². The minimum Gasteiger partial charge on any atom is -0.477 e. The Morgan fingerprint density at radius 1 is 1.33 bits per heavy atom. The number of nitrogens with zero attached hydrogens (tertiary/aromatic N) is 1. The van der Waals surface area contributed by atoms with Crippen LogP contribution in [-0.2, 0) is 4.79 Å². The van der Waals surface area contributed by atoms with E-state index in [1.165, 1.54) is 12.1 Å². The lowest BCUT2D eigenvalue weighted by Gasteiger charge is -2.08. The molecular weight excluding hydrogens is 278 g/mol. The van der Waals surface area contributed by atoms with Crippen LogP contribution in [-0.4, -0.2) is 35.0 Å². The molecule has 0 aromatic heterocycles. The highest BCUT2D eigenvalue weighted by atomic mass is 16.6. The SMILES string of the molecule is CCCNC(=O)CCNc1ccc([N+](=O)[O-])c(C(=O)O)c1. The van der Waals surface area contributed by atoms with E-state index < -0.39 is 16.6 Å². The third kappa shape index (κ3) is 5.09. The summed E-state index contributed by atoms with van der Waals surface area (Å²) in [5.41, 5.74) is -0.435. The summed E-state index contributed by atoms with van der Waals surface area (Å²) < 4.78 is 0. The highest BCUT2D eigenvalue weighted by Gasteiger charge is 2.19. The zero-order valence-electron chi connectivity index (χ0n) is 11.6. The van der Waals surface area contributed by atoms with Gasteiger partial charge < -0.3 is 15.7 Å². The van der Waals surface area contributed by atoms with Gasteiger partial charge in [0.1, 0.15) is 5.56 Å². The molecule has 3 N–H and O–H groups in total. The lowest BCUT2D eigenvalue weighted by molar-refractivity contribution is -0.385. The van der Waals surface area contributed by atoms with Gasteiger partial charge in [0.15, 0.2) is 0 Å². The first kappa shape index (κ1) is 16.4. The van der Waals surface area contributed by atoms with Crippen molar-refractivity contribution in [1.82, 2.24) is 5.32 Å². The van der Waals surface area contributed by atoms with Gasteiger partial charge >= 0.3 is 5.97 Å². The normalized spacial score (nSPS) is 9.95. The quantitative estimate of drug-likeness (QED) is 0.495. The number of anilines is 1. The molecule has 8 nitrogen and oxygen atoms in total. The average molecular weight is 295 g/mol. The van der Waals surface area contributed by atoms with E-state index in [1.54, 1.807) is 0 Å². The molecule has 8 heteroatoms. The molecule has 0 unspecified atom stereocenters. The van der Waals surface area contributed by atoms with Crippen molar-refractivity contribution in [2.45, 2.75) is 19.8 Å². The molecule has 1 rings (SSSR count). The number of nitro benzene ring substituents is 1. The van der Waals surface area contributed by atoms with Crippen molar-refractivity contribution in [1.29, 1.82) is 0 Å². The number of hydrogen-bond donors (Lipinski definition) is 3. The summed E-state index contributed by atoms with van der Waals surface area (Å²) in [4.78, 5) is 32.3. The molecule has 0 atom stereocenters. The zero-order chi connectivity index (χ0) is 15.8. The fourth-order valence-electron chi connectivity index (χ4n) is 1.65. The highest BCUT2D eigenvalue weighted by molar-refractivity contribution is 5.93. The maximum atomic E-state index is 11.4. The lowest BCUT2D eigenvalue weighted by Crippen LogP contribution is -2.25. The Labute approximate surface area is 121 Å². The smallest absolute Gasteiger partial charge is 0.342 e. The van der Waals surface area contributed by atoms with Crippen LogP contribution in [0.1, 0.15) is 30.1 Å². The first-order valence-corrected chi connectivity index (χ1v) is 6.48. The number of rotatable bonds is 8. The molecule has 0 heterocycles. The Morgan fingerprint density at radius 3 is 2.62 bits per heavy atom. The van der Waals surface area contributed by atoms with Gasteiger partial charge in [0.2, 0.25) is 5.91 Å². The number of carbonyl (C=O) groups excluding carboxylic acids is 1. The van der Waals surface area contributed by atoms with Crippen LogP contribution in [0.15, 0.2) is 18.2 Å². The van der Waals surface area contributed by atoms with Crippen molar-refractivity contribution in [2.75, 3.05) is 18.4 Å². The zero-order valence-corrected chi connectivity index (χ0v) is 11.6. The molecule has 0 aliphatic carbocycles. The summed E-state index contributed by atoms with van der Waals surface area (Å²) >= 11 is 0. The number of carbonyl (C=O) groups is 2. The third-order valence-corrected chi connectivity index (χ3v) is 2.68. The minimum atomic E-state index is -1.37. The second kappa shape index (κ2) is 7.83. The molecule has 0 aliphatic heterocycles. The fraction of sp³-hybridized carbons (Fsp3) is 0.385. The van der Waals surface area contributed by atoms with Crippen LogP contribution in [0.2, 0.25) is 0 Å². The summed E-state index contributed by atoms with van der Waals surface area (Å²) in [6, 6.07) is 3.72. The topological polar surface area (TPSA) is 122 Å². The van der Waals surface area contributed by atoms with Crippen LogP contribution >= 0.6 is 0 Å². The maximum absolute atomic E-state index is 11.4. The number of nitro groups is 1. The fourth-order valence-corrected chi connectivity index (χ4v) is 1.65. The summed E-state index contributed by atoms with van der Waals surface area (Å²) in [7, 11) is 0. The highest BCUT2D eigenvalue weighted by Crippen LogP contribution is 2.22. The largest absolute Gasteiger partial charge is 0.477 e. The van der Waals surface area contributed by atoms with Crippen molar-refractivity contribution in [3.63, 3.8) is 0 Å². The molecule has 0 fully saturated rings. The summed E-state index contributed by atoms with van der Waals surface area (Å²) in [5.74, 6) is -1.48. The Balaban J connectivity index is 2.64. The van der Waals surface area contributed by atoms with E-state index in [1.807, 2.05) is 6.92 Å². The van der Waals surface area contributed by atoms with Crippen LogP contribution < -0.4 is 10.6 Å². The van der Waals surface area contributed by atoms with E-state index in [4.69, 9.17) is 5.11 Å². The number of aromatic carboxylic acids is 1. The Morgan fingerprint density at radius 2 is 2.05 bits per heavy atom. The average Bonchev–Trinajstić information content (AvgIpc) is 2.44. The van der Waals surface area contributed by atoms with Crippen LogP contribution in [0.5, 0.6) is 0 Å². The van der Waals surface area contributed by atoms with E-state index in [9.17, 15) is 19.7 Å². The van der Waals surface area contributed by atoms with Gasteiger partial charge in [-0.05, 0) is 18.6 Å². The monoisotopic (exact) mass is 295 g/mol. The van der Waals surface area contributed by atoms with Crippen LogP contribution in [0.4, 0.5) is 11.4 Å². The molecule has 0 radical (unpaired) electrons. The van der Waals surface area contributed by atoms with Gasteiger partial charge in [-0.1, -0.05) is 6.92 Å². The number of carboxylic acids is 1. The van der Waals surface area contributed by atoms with Gasteiger partial charge in [0.25, 0.3) is 5.69 Å². The van der Waals surface area contributed by atoms with E-state index in [-0.39, 0.29) is 17.9 Å². The van der Waals surface area contributed by atoms with Crippen LogP contribution in [0.3, 0.4) is 0 Å². The van der Waals surface area contributed by atoms with Crippen molar-refractivity contribution in [3.8, 4) is 0 Å². The van der Waals surface area contributed by atoms with Gasteiger partial charge in [0, 0.05) is 31.3 Å². The predicted molar refractivity (Wildman–Crippen MR) is 76.5 cm³/mol. The molecule has 21 heavy (non-hydrogen) atoms. The van der Waals surface area contributed by atoms with Crippen molar-refractivity contribution in [3.05, 3.63) is 33.9 Å². The summed E-state index contributed by atoms with van der Waals surface area (Å²) in [6.45, 7) is 2.87. The van der Waals surface area contributed by atoms with Gasteiger partial charge in [0.05, 0.1) is 4.92 Å². The Bertz CT molecular complexity index is 545. The van der Waals surface area contributed by atoms with E-state index in [0.29, 0.717) is 18.8 Å². The van der Waals surface area contributed by atoms with Crippen molar-refractivity contribution >= 4 is 23.3 Å². The lowest BCUT2D eigenvalue weighted by atomic mass is 10.1. The molecule has 0 spiro atoms. The first-order chi connectivity index (χ1) is 9.95. The number of amides is 1. The van der Waals surface area contributed by atoms with Gasteiger partial charge in [-0.25, -0.2) is 4.79 Å². The van der Waals surface area contributed by atoms with Gasteiger partial charge in [-0.3, -0.25) is 14.9 Å². The molecule has 0 saturated heterocycles. The second-order valence-electron chi connectivity index (χ2n) is 4.32. The molecular formula is C13H17N3O5. The maximum Gasteiger partial charge on any atom is 0.342 e. The standard InChI is InChI=1S/C13H17N3O5/c1-2-6-15-12(17)5-7-14-9-3-4-11(16(20)21)10(8-9)13(18)19/h3-4,8,14H,2,5-7H2,1H3,(H,15,17)(H,18,19). The van der Waals surface area contributed by atoms with Gasteiger partial charge in [-0.2, -0.15) is 0 Å². The number of benzene rings is 1. The second-order valence-corrected chi connectivity index (χ2v) is 4.32. The Hall–Kier alpha value is -2.64. The molecule has 0 aliphatic rings.